The summed E-state index contributed by atoms with van der Waals surface area (Å²) in [4.78, 5) is 0. The van der Waals surface area contributed by atoms with Crippen molar-refractivity contribution >= 4 is 22.0 Å². The second kappa shape index (κ2) is 4.38. The molecule has 0 fully saturated rings. The van der Waals surface area contributed by atoms with Crippen molar-refractivity contribution in [2.24, 2.45) is 0 Å². The normalized spacial score (nSPS) is 17.4. The topological polar surface area (TPSA) is 9.23 Å². The van der Waals surface area contributed by atoms with Gasteiger partial charge in [-0.1, -0.05) is 52.3 Å². The molecule has 0 radical (unpaired) electrons. The van der Waals surface area contributed by atoms with Crippen LogP contribution in [0.5, 0.6) is 5.75 Å². The van der Waals surface area contributed by atoms with E-state index in [4.69, 9.17) is 4.74 Å². The lowest BCUT2D eigenvalue weighted by Gasteiger charge is -2.21. The van der Waals surface area contributed by atoms with Gasteiger partial charge >= 0.3 is 0 Å². The van der Waals surface area contributed by atoms with E-state index in [1.165, 1.54) is 5.56 Å². The fraction of sp³-hybridized carbons (Fsp3) is 0.0667. The molecule has 0 amide bonds. The molecule has 2 aromatic carbocycles. The summed E-state index contributed by atoms with van der Waals surface area (Å²) < 4.78 is 7.04. The van der Waals surface area contributed by atoms with Gasteiger partial charge in [0.15, 0.2) is 0 Å². The Hall–Kier alpha value is -1.54. The number of rotatable bonds is 1. The summed E-state index contributed by atoms with van der Waals surface area (Å²) in [6.45, 7) is 0. The molecule has 0 unspecified atom stereocenters. The molecule has 1 aliphatic rings. The van der Waals surface area contributed by atoms with Crippen LogP contribution in [0.2, 0.25) is 0 Å². The molecule has 0 spiro atoms. The van der Waals surface area contributed by atoms with Crippen molar-refractivity contribution in [2.75, 3.05) is 0 Å². The second-order valence-corrected chi connectivity index (χ2v) is 4.91. The van der Waals surface area contributed by atoms with Gasteiger partial charge in [0.05, 0.1) is 0 Å². The van der Waals surface area contributed by atoms with Gasteiger partial charge in [0.2, 0.25) is 0 Å². The Morgan fingerprint density at radius 1 is 1.00 bits per heavy atom. The molecule has 2 aromatic rings. The van der Waals surface area contributed by atoms with Crippen molar-refractivity contribution in [1.82, 2.24) is 0 Å². The van der Waals surface area contributed by atoms with Crippen LogP contribution in [0.3, 0.4) is 0 Å². The van der Waals surface area contributed by atoms with Gasteiger partial charge in [0, 0.05) is 10.0 Å². The van der Waals surface area contributed by atoms with E-state index in [1.807, 2.05) is 30.3 Å². The molecule has 84 valence electrons. The van der Waals surface area contributed by atoms with Crippen molar-refractivity contribution in [3.05, 3.63) is 70.2 Å². The summed E-state index contributed by atoms with van der Waals surface area (Å²) in [6, 6.07) is 16.3. The highest BCUT2D eigenvalue weighted by Gasteiger charge is 2.15. The number of hydrogen-bond donors (Lipinski definition) is 0. The Balaban J connectivity index is 1.94. The maximum absolute atomic E-state index is 5.97. The van der Waals surface area contributed by atoms with Gasteiger partial charge in [0.25, 0.3) is 0 Å². The molecule has 0 bridgehead atoms. The minimum atomic E-state index is 0.0184. The second-order valence-electron chi connectivity index (χ2n) is 3.99. The Labute approximate surface area is 109 Å². The first kappa shape index (κ1) is 10.6. The maximum Gasteiger partial charge on any atom is 0.142 e. The smallest absolute Gasteiger partial charge is 0.142 e. The summed E-state index contributed by atoms with van der Waals surface area (Å²) in [5.41, 5.74) is 2.30. The van der Waals surface area contributed by atoms with Crippen LogP contribution in [0.1, 0.15) is 17.2 Å². The molecule has 0 saturated heterocycles. The van der Waals surface area contributed by atoms with Crippen LogP contribution in [0, 0.1) is 0 Å². The van der Waals surface area contributed by atoms with Gasteiger partial charge in [-0.15, -0.1) is 0 Å². The molecule has 3 rings (SSSR count). The van der Waals surface area contributed by atoms with Crippen molar-refractivity contribution in [2.45, 2.75) is 6.10 Å². The van der Waals surface area contributed by atoms with E-state index >= 15 is 0 Å². The fourth-order valence-corrected chi connectivity index (χ4v) is 2.32. The minimum absolute atomic E-state index is 0.0184. The molecular weight excluding hydrogens is 276 g/mol. The standard InChI is InChI=1S/C15H11BrO/c16-13-7-9-15-12(10-13)6-8-14(17-15)11-4-2-1-3-5-11/h1-10,14H/t14-/m0/s1. The zero-order valence-electron chi connectivity index (χ0n) is 9.14. The molecule has 0 saturated carbocycles. The molecule has 1 aliphatic heterocycles. The zero-order chi connectivity index (χ0) is 11.7. The highest BCUT2D eigenvalue weighted by atomic mass is 79.9. The Morgan fingerprint density at radius 2 is 1.82 bits per heavy atom. The largest absolute Gasteiger partial charge is 0.481 e. The lowest BCUT2D eigenvalue weighted by atomic mass is 10.0. The maximum atomic E-state index is 5.97. The first-order valence-corrected chi connectivity index (χ1v) is 6.31. The molecule has 1 atom stereocenters. The van der Waals surface area contributed by atoms with Gasteiger partial charge in [-0.2, -0.15) is 0 Å². The van der Waals surface area contributed by atoms with Crippen LogP contribution in [0.15, 0.2) is 59.1 Å². The lowest BCUT2D eigenvalue weighted by Crippen LogP contribution is -2.08. The van der Waals surface area contributed by atoms with E-state index in [1.54, 1.807) is 0 Å². The third kappa shape index (κ3) is 2.13. The van der Waals surface area contributed by atoms with Crippen LogP contribution in [-0.2, 0) is 0 Å². The number of fused-ring (bicyclic) bond motifs is 1. The van der Waals surface area contributed by atoms with Crippen molar-refractivity contribution in [3.8, 4) is 5.75 Å². The van der Waals surface area contributed by atoms with Gasteiger partial charge in [-0.05, 0) is 29.8 Å². The van der Waals surface area contributed by atoms with Crippen LogP contribution >= 0.6 is 15.9 Å². The SMILES string of the molecule is Brc1ccc2c(c1)C=C[C@@H](c1ccccc1)O2. The molecule has 17 heavy (non-hydrogen) atoms. The molecular formula is C15H11BrO. The highest BCUT2D eigenvalue weighted by molar-refractivity contribution is 9.10. The number of benzene rings is 2. The Bertz CT molecular complexity index is 560. The third-order valence-electron chi connectivity index (χ3n) is 2.80. The van der Waals surface area contributed by atoms with Gasteiger partial charge in [0.1, 0.15) is 11.9 Å². The monoisotopic (exact) mass is 286 g/mol. The Morgan fingerprint density at radius 3 is 2.65 bits per heavy atom. The lowest BCUT2D eigenvalue weighted by molar-refractivity contribution is 0.252. The van der Waals surface area contributed by atoms with Crippen LogP contribution in [0.25, 0.3) is 6.08 Å². The summed E-state index contributed by atoms with van der Waals surface area (Å²) in [7, 11) is 0. The highest BCUT2D eigenvalue weighted by Crippen LogP contribution is 2.33. The average Bonchev–Trinajstić information content (AvgIpc) is 2.39. The summed E-state index contributed by atoms with van der Waals surface area (Å²) in [5, 5.41) is 0. The van der Waals surface area contributed by atoms with E-state index in [-0.39, 0.29) is 6.10 Å². The predicted octanol–water partition coefficient (Wildman–Crippen LogP) is 4.60. The molecule has 0 N–H and O–H groups in total. The molecule has 2 heteroatoms. The van der Waals surface area contributed by atoms with Crippen LogP contribution < -0.4 is 4.74 Å². The first-order valence-electron chi connectivity index (χ1n) is 5.52. The quantitative estimate of drug-likeness (QED) is 0.745. The molecule has 1 nitrogen and oxygen atoms in total. The fourth-order valence-electron chi connectivity index (χ4n) is 1.95. The predicted molar refractivity (Wildman–Crippen MR) is 73.0 cm³/mol. The van der Waals surface area contributed by atoms with E-state index in [0.29, 0.717) is 0 Å². The van der Waals surface area contributed by atoms with Gasteiger partial charge in [-0.3, -0.25) is 0 Å². The van der Waals surface area contributed by atoms with Crippen molar-refractivity contribution in [3.63, 3.8) is 0 Å². The summed E-state index contributed by atoms with van der Waals surface area (Å²) in [5.74, 6) is 0.935. The number of halogens is 1. The van der Waals surface area contributed by atoms with E-state index < -0.39 is 0 Å². The van der Waals surface area contributed by atoms with Crippen LogP contribution in [0.4, 0.5) is 0 Å². The van der Waals surface area contributed by atoms with E-state index in [0.717, 1.165) is 15.8 Å². The van der Waals surface area contributed by atoms with Crippen LogP contribution in [-0.4, -0.2) is 0 Å². The summed E-state index contributed by atoms with van der Waals surface area (Å²) in [6.07, 6.45) is 4.22. The van der Waals surface area contributed by atoms with Gasteiger partial charge in [-0.25, -0.2) is 0 Å². The third-order valence-corrected chi connectivity index (χ3v) is 3.30. The Kier molecular flexibility index (Phi) is 2.73. The zero-order valence-corrected chi connectivity index (χ0v) is 10.7. The summed E-state index contributed by atoms with van der Waals surface area (Å²) >= 11 is 3.46. The minimum Gasteiger partial charge on any atom is -0.481 e. The van der Waals surface area contributed by atoms with E-state index in [2.05, 4.69) is 46.3 Å². The van der Waals surface area contributed by atoms with Gasteiger partial charge < -0.3 is 4.74 Å². The number of ether oxygens (including phenoxy) is 1. The molecule has 0 aliphatic carbocycles. The van der Waals surface area contributed by atoms with Crippen molar-refractivity contribution in [1.29, 1.82) is 0 Å². The van der Waals surface area contributed by atoms with Crippen molar-refractivity contribution < 1.29 is 4.74 Å². The first-order chi connectivity index (χ1) is 8.33. The molecule has 1 heterocycles. The molecule has 0 aromatic heterocycles. The number of hydrogen-bond acceptors (Lipinski definition) is 1. The average molecular weight is 287 g/mol. The van der Waals surface area contributed by atoms with E-state index in [9.17, 15) is 0 Å².